The third-order valence-corrected chi connectivity index (χ3v) is 0. The molecule has 0 heterocycles. The number of halogens is 1. The molecule has 0 saturated heterocycles. The Hall–Kier alpha value is 0.840. The van der Waals surface area contributed by atoms with Gasteiger partial charge in [-0.05, 0) is 4.93 Å². The molecule has 0 spiro atoms. The van der Waals surface area contributed by atoms with Crippen molar-refractivity contribution >= 4 is 30.4 Å². The monoisotopic (exact) mass is 240 g/mol. The Morgan fingerprint density at radius 3 is 1.29 bits per heavy atom. The molecule has 0 aromatic carbocycles. The lowest BCUT2D eigenvalue weighted by Gasteiger charge is -1.82. The van der Waals surface area contributed by atoms with E-state index in [9.17, 15) is 0 Å². The van der Waals surface area contributed by atoms with Gasteiger partial charge >= 0.3 is 7.82 Å². The fraction of sp³-hybridized carbons (Fsp3) is 1.00. The number of phosphoric acid groups is 1. The lowest BCUT2D eigenvalue weighted by Crippen LogP contribution is -1.66. The van der Waals surface area contributed by atoms with Crippen LogP contribution < -0.4 is 0 Å². The molecule has 0 radical (unpaired) electrons. The van der Waals surface area contributed by atoms with Crippen molar-refractivity contribution in [3.63, 3.8) is 0 Å². The molecule has 0 aromatic heterocycles. The Morgan fingerprint density at radius 1 is 1.29 bits per heavy atom. The smallest absolute Gasteiger partial charge is 0.303 e. The van der Waals surface area contributed by atoms with Crippen LogP contribution in [-0.2, 0) is 4.57 Å². The van der Waals surface area contributed by atoms with Gasteiger partial charge in [0.05, 0.1) is 0 Å². The summed E-state index contributed by atoms with van der Waals surface area (Å²) in [5.41, 5.74) is 0. The summed E-state index contributed by atoms with van der Waals surface area (Å²) in [6.07, 6.45) is 0. The third kappa shape index (κ3) is 227. The summed E-state index contributed by atoms with van der Waals surface area (Å²) in [6, 6.07) is 0. The summed E-state index contributed by atoms with van der Waals surface area (Å²) >= 11 is 2.15. The van der Waals surface area contributed by atoms with Gasteiger partial charge in [0, 0.05) is 0 Å². The van der Waals surface area contributed by atoms with Crippen LogP contribution in [-0.4, -0.2) is 19.6 Å². The minimum Gasteiger partial charge on any atom is -0.303 e. The highest BCUT2D eigenvalue weighted by atomic mass is 127. The molecular weight excluding hydrogens is 234 g/mol. The summed E-state index contributed by atoms with van der Waals surface area (Å²) in [6.45, 7) is 0. The average molecular weight is 240 g/mol. The van der Waals surface area contributed by atoms with Crippen LogP contribution in [0.2, 0.25) is 0 Å². The Kier molecular flexibility index (Phi) is 7.66. The first-order valence-corrected chi connectivity index (χ1v) is 4.88. The van der Waals surface area contributed by atoms with Gasteiger partial charge in [0.1, 0.15) is 0 Å². The third-order valence-electron chi connectivity index (χ3n) is 0. The lowest BCUT2D eigenvalue weighted by atomic mass is 12.0. The molecule has 0 bridgehead atoms. The van der Waals surface area contributed by atoms with E-state index in [0.29, 0.717) is 0 Å². The number of hydrogen-bond donors (Lipinski definition) is 3. The summed E-state index contributed by atoms with van der Waals surface area (Å²) < 4.78 is 8.88. The van der Waals surface area contributed by atoms with Crippen LogP contribution in [0.15, 0.2) is 0 Å². The van der Waals surface area contributed by atoms with Gasteiger partial charge in [0.15, 0.2) is 0 Å². The topological polar surface area (TPSA) is 77.8 Å². The van der Waals surface area contributed by atoms with E-state index in [1.165, 1.54) is 0 Å². The summed E-state index contributed by atoms with van der Waals surface area (Å²) in [7, 11) is -4.64. The van der Waals surface area contributed by atoms with Gasteiger partial charge in [-0.15, -0.1) is 0 Å². The molecule has 0 aromatic rings. The molecular formula is CH6IO4P. The molecule has 0 aliphatic carbocycles. The van der Waals surface area contributed by atoms with E-state index in [1.54, 1.807) is 0 Å². The number of alkyl halides is 1. The molecule has 7 heavy (non-hydrogen) atoms. The Bertz CT molecular complexity index is 57.8. The van der Waals surface area contributed by atoms with Crippen molar-refractivity contribution in [2.45, 2.75) is 0 Å². The van der Waals surface area contributed by atoms with Gasteiger partial charge in [-0.25, -0.2) is 4.57 Å². The maximum Gasteiger partial charge on any atom is 0.466 e. The number of rotatable bonds is 0. The Labute approximate surface area is 54.9 Å². The zero-order valence-electron chi connectivity index (χ0n) is 3.58. The predicted octanol–water partition coefficient (Wildman–Crippen LogP) is 0.123. The standard InChI is InChI=1S/CH3I.H3O4P/c1-2;1-5(2,3)4/h1H3;(H3,1,2,3,4). The molecule has 0 atom stereocenters. The van der Waals surface area contributed by atoms with Crippen LogP contribution in [0.4, 0.5) is 0 Å². The van der Waals surface area contributed by atoms with Gasteiger partial charge in [0.2, 0.25) is 0 Å². The van der Waals surface area contributed by atoms with E-state index in [2.05, 4.69) is 22.6 Å². The second kappa shape index (κ2) is 4.99. The molecule has 0 unspecified atom stereocenters. The first-order chi connectivity index (χ1) is 3.00. The second-order valence-corrected chi connectivity index (χ2v) is 1.54. The maximum absolute atomic E-state index is 8.88. The van der Waals surface area contributed by atoms with E-state index in [0.717, 1.165) is 0 Å². The maximum atomic E-state index is 8.88. The van der Waals surface area contributed by atoms with Crippen LogP contribution in [0.3, 0.4) is 0 Å². The van der Waals surface area contributed by atoms with Crippen LogP contribution in [0.5, 0.6) is 0 Å². The zero-order chi connectivity index (χ0) is 6.50. The zero-order valence-corrected chi connectivity index (χ0v) is 6.63. The van der Waals surface area contributed by atoms with Crippen molar-refractivity contribution in [2.24, 2.45) is 0 Å². The van der Waals surface area contributed by atoms with Crippen molar-refractivity contribution < 1.29 is 19.2 Å². The van der Waals surface area contributed by atoms with Gasteiger partial charge in [0.25, 0.3) is 0 Å². The molecule has 0 rings (SSSR count). The molecule has 0 fully saturated rings. The van der Waals surface area contributed by atoms with Crippen LogP contribution >= 0.6 is 30.4 Å². The second-order valence-electron chi connectivity index (χ2n) is 0.513. The van der Waals surface area contributed by atoms with Crippen molar-refractivity contribution in [2.75, 3.05) is 4.93 Å². The molecule has 0 aliphatic heterocycles. The lowest BCUT2D eigenvalue weighted by molar-refractivity contribution is 0.275. The van der Waals surface area contributed by atoms with E-state index in [1.807, 2.05) is 4.93 Å². The van der Waals surface area contributed by atoms with Gasteiger partial charge in [-0.1, -0.05) is 22.6 Å². The van der Waals surface area contributed by atoms with Gasteiger partial charge in [-0.3, -0.25) is 0 Å². The van der Waals surface area contributed by atoms with Gasteiger partial charge < -0.3 is 14.7 Å². The molecule has 3 N–H and O–H groups in total. The van der Waals surface area contributed by atoms with Crippen LogP contribution in [0.1, 0.15) is 0 Å². The van der Waals surface area contributed by atoms with E-state index >= 15 is 0 Å². The van der Waals surface area contributed by atoms with Gasteiger partial charge in [-0.2, -0.15) is 0 Å². The SMILES string of the molecule is CI.O=P(O)(O)O. The molecule has 46 valence electrons. The summed E-state index contributed by atoms with van der Waals surface area (Å²) in [4.78, 5) is 23.5. The van der Waals surface area contributed by atoms with Crippen molar-refractivity contribution in [3.05, 3.63) is 0 Å². The Morgan fingerprint density at radius 2 is 1.29 bits per heavy atom. The molecule has 6 heteroatoms. The van der Waals surface area contributed by atoms with E-state index in [4.69, 9.17) is 19.2 Å². The minimum atomic E-state index is -4.64. The predicted molar refractivity (Wildman–Crippen MR) is 34.2 cm³/mol. The molecule has 0 amide bonds. The first kappa shape index (κ1) is 10.8. The highest BCUT2D eigenvalue weighted by molar-refractivity contribution is 14.1. The molecule has 0 aliphatic rings. The van der Waals surface area contributed by atoms with Crippen LogP contribution in [0, 0.1) is 0 Å². The fourth-order valence-electron chi connectivity index (χ4n) is 0. The average Bonchev–Trinajstić information content (AvgIpc) is 1.36. The normalized spacial score (nSPS) is 9.29. The molecule has 0 saturated carbocycles. The van der Waals surface area contributed by atoms with Crippen molar-refractivity contribution in [1.82, 2.24) is 0 Å². The molecule has 4 nitrogen and oxygen atoms in total. The first-order valence-electron chi connectivity index (χ1n) is 1.16. The largest absolute Gasteiger partial charge is 0.466 e. The minimum absolute atomic E-state index is 1.97. The highest BCUT2D eigenvalue weighted by Gasteiger charge is 2.00. The van der Waals surface area contributed by atoms with E-state index in [-0.39, 0.29) is 0 Å². The number of hydrogen-bond acceptors (Lipinski definition) is 1. The highest BCUT2D eigenvalue weighted by Crippen LogP contribution is 2.25. The summed E-state index contributed by atoms with van der Waals surface area (Å²) in [5, 5.41) is 0. The van der Waals surface area contributed by atoms with Crippen molar-refractivity contribution in [3.8, 4) is 0 Å². The van der Waals surface area contributed by atoms with Crippen LogP contribution in [0.25, 0.3) is 0 Å². The summed E-state index contributed by atoms with van der Waals surface area (Å²) in [5.74, 6) is 0. The quantitative estimate of drug-likeness (QED) is 0.319. The van der Waals surface area contributed by atoms with Crippen molar-refractivity contribution in [1.29, 1.82) is 0 Å². The van der Waals surface area contributed by atoms with E-state index < -0.39 is 7.82 Å². The fourth-order valence-corrected chi connectivity index (χ4v) is 0. The Balaban J connectivity index is 0.